The molecule has 2 heterocycles. The van der Waals surface area contributed by atoms with Gasteiger partial charge in [-0.15, -0.1) is 5.10 Å². The van der Waals surface area contributed by atoms with E-state index in [1.807, 2.05) is 47.2 Å². The average molecular weight is 297 g/mol. The van der Waals surface area contributed by atoms with Crippen molar-refractivity contribution in [3.63, 3.8) is 0 Å². The van der Waals surface area contributed by atoms with E-state index in [0.717, 1.165) is 11.1 Å². The number of hydrogen-bond donors (Lipinski definition) is 1. The van der Waals surface area contributed by atoms with Crippen LogP contribution in [0.5, 0.6) is 0 Å². The van der Waals surface area contributed by atoms with Gasteiger partial charge in [-0.3, -0.25) is 10.1 Å². The average Bonchev–Trinajstić information content (AvgIpc) is 3.17. The summed E-state index contributed by atoms with van der Waals surface area (Å²) in [5.74, 6) is 0.0676. The lowest BCUT2D eigenvalue weighted by atomic mass is 10.2. The molecule has 1 aromatic carbocycles. The van der Waals surface area contributed by atoms with E-state index < -0.39 is 0 Å². The highest BCUT2D eigenvalue weighted by Gasteiger charge is 2.09. The van der Waals surface area contributed by atoms with E-state index in [1.165, 1.54) is 17.4 Å². The molecule has 0 spiro atoms. The van der Waals surface area contributed by atoms with Gasteiger partial charge in [0.25, 0.3) is 11.8 Å². The Balaban J connectivity index is 1.64. The summed E-state index contributed by atoms with van der Waals surface area (Å²) in [6.45, 7) is 0. The zero-order valence-electron chi connectivity index (χ0n) is 10.9. The molecule has 0 atom stereocenters. The first kappa shape index (κ1) is 13.3. The van der Waals surface area contributed by atoms with Gasteiger partial charge in [-0.2, -0.15) is 11.3 Å². The Morgan fingerprint density at radius 2 is 2.05 bits per heavy atom. The summed E-state index contributed by atoms with van der Waals surface area (Å²) in [7, 11) is 0. The lowest BCUT2D eigenvalue weighted by Gasteiger charge is -1.94. The van der Waals surface area contributed by atoms with E-state index in [4.69, 9.17) is 4.42 Å². The maximum Gasteiger partial charge on any atom is 0.322 e. The molecule has 0 unspecified atom stereocenters. The van der Waals surface area contributed by atoms with Crippen molar-refractivity contribution in [2.45, 2.75) is 0 Å². The van der Waals surface area contributed by atoms with E-state index in [0.29, 0.717) is 5.89 Å². The minimum absolute atomic E-state index is 0.0823. The highest BCUT2D eigenvalue weighted by Crippen LogP contribution is 2.21. The van der Waals surface area contributed by atoms with Gasteiger partial charge in [0.2, 0.25) is 0 Å². The Morgan fingerprint density at radius 1 is 1.19 bits per heavy atom. The van der Waals surface area contributed by atoms with Crippen LogP contribution in [-0.4, -0.2) is 16.1 Å². The van der Waals surface area contributed by atoms with Crippen LogP contribution in [0, 0.1) is 0 Å². The quantitative estimate of drug-likeness (QED) is 0.749. The molecule has 3 aromatic rings. The largest absolute Gasteiger partial charge is 0.403 e. The second-order valence-electron chi connectivity index (χ2n) is 4.16. The Kier molecular flexibility index (Phi) is 3.88. The summed E-state index contributed by atoms with van der Waals surface area (Å²) >= 11 is 1.54. The fourth-order valence-electron chi connectivity index (χ4n) is 1.66. The first-order valence-corrected chi connectivity index (χ1v) is 7.16. The predicted octanol–water partition coefficient (Wildman–Crippen LogP) is 3.45. The summed E-state index contributed by atoms with van der Waals surface area (Å²) in [4.78, 5) is 11.8. The Bertz CT molecular complexity index is 748. The normalized spacial score (nSPS) is 10.9. The summed E-state index contributed by atoms with van der Waals surface area (Å²) in [5, 5.41) is 14.0. The Hall–Kier alpha value is -2.73. The van der Waals surface area contributed by atoms with Gasteiger partial charge < -0.3 is 4.42 Å². The van der Waals surface area contributed by atoms with Crippen molar-refractivity contribution in [2.75, 3.05) is 5.32 Å². The minimum Gasteiger partial charge on any atom is -0.403 e. The number of amides is 1. The van der Waals surface area contributed by atoms with Gasteiger partial charge in [-0.05, 0) is 23.1 Å². The number of nitrogens with one attached hydrogen (secondary N) is 1. The number of aromatic nitrogens is 2. The number of hydrogen-bond acceptors (Lipinski definition) is 5. The van der Waals surface area contributed by atoms with Crippen LogP contribution in [0.15, 0.2) is 57.7 Å². The lowest BCUT2D eigenvalue weighted by Crippen LogP contribution is -2.07. The first-order chi connectivity index (χ1) is 10.3. The first-order valence-electron chi connectivity index (χ1n) is 6.21. The molecule has 0 fully saturated rings. The lowest BCUT2D eigenvalue weighted by molar-refractivity contribution is -0.112. The maximum absolute atomic E-state index is 11.8. The predicted molar refractivity (Wildman–Crippen MR) is 81.7 cm³/mol. The SMILES string of the molecule is O=C(/C=C/c1ccccc1)Nc1nnc(-c2ccsc2)o1. The van der Waals surface area contributed by atoms with E-state index >= 15 is 0 Å². The van der Waals surface area contributed by atoms with Crippen LogP contribution in [0.4, 0.5) is 6.01 Å². The van der Waals surface area contributed by atoms with E-state index in [1.54, 1.807) is 6.08 Å². The van der Waals surface area contributed by atoms with Crippen LogP contribution in [0.1, 0.15) is 5.56 Å². The molecule has 1 amide bonds. The monoisotopic (exact) mass is 297 g/mol. The standard InChI is InChI=1S/C15H11N3O2S/c19-13(7-6-11-4-2-1-3-5-11)16-15-18-17-14(20-15)12-8-9-21-10-12/h1-10H,(H,16,18,19)/b7-6+. The van der Waals surface area contributed by atoms with Gasteiger partial charge in [-0.1, -0.05) is 35.4 Å². The molecule has 0 aliphatic rings. The van der Waals surface area contributed by atoms with Crippen LogP contribution in [0.2, 0.25) is 0 Å². The number of thiophene rings is 1. The molecule has 5 nitrogen and oxygen atoms in total. The van der Waals surface area contributed by atoms with Crippen molar-refractivity contribution in [1.29, 1.82) is 0 Å². The molecule has 0 saturated heterocycles. The molecule has 104 valence electrons. The second-order valence-corrected chi connectivity index (χ2v) is 4.94. The fraction of sp³-hybridized carbons (Fsp3) is 0. The van der Waals surface area contributed by atoms with Crippen LogP contribution >= 0.6 is 11.3 Å². The second kappa shape index (κ2) is 6.15. The third-order valence-corrected chi connectivity index (χ3v) is 3.33. The van der Waals surface area contributed by atoms with Crippen molar-refractivity contribution < 1.29 is 9.21 Å². The maximum atomic E-state index is 11.8. The number of rotatable bonds is 4. The highest BCUT2D eigenvalue weighted by molar-refractivity contribution is 7.08. The number of nitrogens with zero attached hydrogens (tertiary/aromatic N) is 2. The molecule has 3 rings (SSSR count). The van der Waals surface area contributed by atoms with Gasteiger partial charge in [0.1, 0.15) is 0 Å². The third kappa shape index (κ3) is 3.43. The molecule has 21 heavy (non-hydrogen) atoms. The fourth-order valence-corrected chi connectivity index (χ4v) is 2.29. The van der Waals surface area contributed by atoms with E-state index in [9.17, 15) is 4.79 Å². The van der Waals surface area contributed by atoms with E-state index in [-0.39, 0.29) is 11.9 Å². The number of carbonyl (C=O) groups excluding carboxylic acids is 1. The van der Waals surface area contributed by atoms with Gasteiger partial charge >= 0.3 is 6.01 Å². The Morgan fingerprint density at radius 3 is 2.81 bits per heavy atom. The molecule has 0 bridgehead atoms. The molecular formula is C15H11N3O2S. The molecule has 2 aromatic heterocycles. The number of carbonyl (C=O) groups is 1. The van der Waals surface area contributed by atoms with Crippen molar-refractivity contribution in [1.82, 2.24) is 10.2 Å². The van der Waals surface area contributed by atoms with Crippen molar-refractivity contribution in [3.05, 3.63) is 58.8 Å². The highest BCUT2D eigenvalue weighted by atomic mass is 32.1. The molecule has 1 N–H and O–H groups in total. The minimum atomic E-state index is -0.320. The molecule has 0 radical (unpaired) electrons. The van der Waals surface area contributed by atoms with Crippen LogP contribution in [0.25, 0.3) is 17.5 Å². The number of anilines is 1. The summed E-state index contributed by atoms with van der Waals surface area (Å²) < 4.78 is 5.37. The number of benzene rings is 1. The van der Waals surface area contributed by atoms with Gasteiger partial charge in [0, 0.05) is 17.0 Å². The van der Waals surface area contributed by atoms with Gasteiger partial charge in [0.05, 0.1) is 0 Å². The van der Waals surface area contributed by atoms with Gasteiger partial charge in [-0.25, -0.2) is 0 Å². The van der Waals surface area contributed by atoms with Crippen LogP contribution in [0.3, 0.4) is 0 Å². The molecule has 0 saturated carbocycles. The van der Waals surface area contributed by atoms with Crippen molar-refractivity contribution >= 4 is 29.3 Å². The molecule has 0 aliphatic carbocycles. The zero-order chi connectivity index (χ0) is 14.5. The van der Waals surface area contributed by atoms with Gasteiger partial charge in [0.15, 0.2) is 0 Å². The third-order valence-electron chi connectivity index (χ3n) is 2.65. The van der Waals surface area contributed by atoms with E-state index in [2.05, 4.69) is 15.5 Å². The Labute approximate surface area is 125 Å². The van der Waals surface area contributed by atoms with Crippen LogP contribution < -0.4 is 5.32 Å². The molecule has 6 heteroatoms. The summed E-state index contributed by atoms with van der Waals surface area (Å²) in [6, 6.07) is 11.5. The molecule has 0 aliphatic heterocycles. The topological polar surface area (TPSA) is 68.0 Å². The van der Waals surface area contributed by atoms with Crippen molar-refractivity contribution in [2.24, 2.45) is 0 Å². The van der Waals surface area contributed by atoms with Crippen LogP contribution in [-0.2, 0) is 4.79 Å². The zero-order valence-corrected chi connectivity index (χ0v) is 11.7. The summed E-state index contributed by atoms with van der Waals surface area (Å²) in [6.07, 6.45) is 3.13. The summed E-state index contributed by atoms with van der Waals surface area (Å²) in [5.41, 5.74) is 1.78. The molecular weight excluding hydrogens is 286 g/mol. The smallest absolute Gasteiger partial charge is 0.322 e. The van der Waals surface area contributed by atoms with Crippen molar-refractivity contribution in [3.8, 4) is 11.5 Å².